The van der Waals surface area contributed by atoms with Crippen molar-refractivity contribution in [1.29, 1.82) is 0 Å². The lowest BCUT2D eigenvalue weighted by molar-refractivity contribution is 0.0694. The Bertz CT molecular complexity index is 1640. The van der Waals surface area contributed by atoms with Crippen LogP contribution in [0.15, 0.2) is 48.5 Å². The van der Waals surface area contributed by atoms with Gasteiger partial charge in [-0.25, -0.2) is 0 Å². The molecule has 3 aliphatic rings. The van der Waals surface area contributed by atoms with E-state index < -0.39 is 10.2 Å². The molecule has 1 aromatic heterocycles. The van der Waals surface area contributed by atoms with Crippen LogP contribution in [0.25, 0.3) is 0 Å². The van der Waals surface area contributed by atoms with Crippen molar-refractivity contribution in [2.45, 2.75) is 44.8 Å². The summed E-state index contributed by atoms with van der Waals surface area (Å²) in [7, 11) is -0.105. The Hall–Kier alpha value is -3.94. The van der Waals surface area contributed by atoms with Crippen molar-refractivity contribution in [3.05, 3.63) is 76.6 Å². The van der Waals surface area contributed by atoms with E-state index in [9.17, 15) is 18.0 Å². The fraction of sp³-hybridized carbons (Fsp3) is 0.469. The highest BCUT2D eigenvalue weighted by Crippen LogP contribution is 2.39. The molecule has 0 spiro atoms. The number of carbonyl (C=O) groups excluding carboxylic acids is 2. The third-order valence-electron chi connectivity index (χ3n) is 8.67. The van der Waals surface area contributed by atoms with Crippen LogP contribution in [0.5, 0.6) is 11.5 Å². The van der Waals surface area contributed by atoms with Crippen LogP contribution >= 0.6 is 0 Å². The smallest absolute Gasteiger partial charge is 0.282 e. The van der Waals surface area contributed by atoms with Crippen molar-refractivity contribution in [2.24, 2.45) is 7.05 Å². The van der Waals surface area contributed by atoms with E-state index in [1.807, 2.05) is 36.4 Å². The quantitative estimate of drug-likeness (QED) is 0.343. The number of nitrogens with zero attached hydrogens (tertiary/aromatic N) is 5. The predicted molar refractivity (Wildman–Crippen MR) is 167 cm³/mol. The summed E-state index contributed by atoms with van der Waals surface area (Å²) < 4.78 is 42.1. The molecule has 0 radical (unpaired) electrons. The molecule has 45 heavy (non-hydrogen) atoms. The average Bonchev–Trinajstić information content (AvgIpc) is 3.59. The summed E-state index contributed by atoms with van der Waals surface area (Å²) in [5.74, 6) is 1.24. The summed E-state index contributed by atoms with van der Waals surface area (Å²) in [6, 6.07) is 14.7. The zero-order chi connectivity index (χ0) is 31.6. The van der Waals surface area contributed by atoms with Crippen LogP contribution in [0, 0.1) is 0 Å². The number of amides is 2. The molecule has 12 nitrogen and oxygen atoms in total. The number of hydrogen-bond acceptors (Lipinski definition) is 7. The molecule has 3 aromatic rings. The molecule has 1 aliphatic carbocycles. The van der Waals surface area contributed by atoms with Crippen LogP contribution in [0.4, 0.5) is 0 Å². The van der Waals surface area contributed by atoms with E-state index >= 15 is 0 Å². The van der Waals surface area contributed by atoms with Gasteiger partial charge in [0, 0.05) is 69.9 Å². The number of carbonyl (C=O) groups is 2. The summed E-state index contributed by atoms with van der Waals surface area (Å²) in [6.07, 6.45) is 4.03. The van der Waals surface area contributed by atoms with Crippen molar-refractivity contribution in [3.8, 4) is 11.5 Å². The summed E-state index contributed by atoms with van der Waals surface area (Å²) in [4.78, 5) is 27.7. The maximum atomic E-state index is 13.1. The second-order valence-corrected chi connectivity index (χ2v) is 13.7. The Balaban J connectivity index is 1.02. The lowest BCUT2D eigenvalue weighted by Crippen LogP contribution is -2.53. The van der Waals surface area contributed by atoms with Gasteiger partial charge < -0.3 is 19.7 Å². The number of piperazine rings is 1. The fourth-order valence-corrected chi connectivity index (χ4v) is 7.55. The van der Waals surface area contributed by atoms with Crippen molar-refractivity contribution in [2.75, 3.05) is 46.4 Å². The number of ether oxygens (including phenoxy) is 2. The molecule has 0 atom stereocenters. The van der Waals surface area contributed by atoms with Crippen LogP contribution in [0.2, 0.25) is 0 Å². The average molecular weight is 637 g/mol. The van der Waals surface area contributed by atoms with Crippen LogP contribution in [0.1, 0.15) is 69.3 Å². The van der Waals surface area contributed by atoms with Crippen LogP contribution < -0.4 is 14.8 Å². The number of aromatic nitrogens is 2. The monoisotopic (exact) mass is 636 g/mol. The van der Waals surface area contributed by atoms with E-state index in [0.717, 1.165) is 42.5 Å². The minimum atomic E-state index is -3.45. The first-order valence-electron chi connectivity index (χ1n) is 15.5. The van der Waals surface area contributed by atoms with Gasteiger partial charge in [0.25, 0.3) is 22.0 Å². The summed E-state index contributed by atoms with van der Waals surface area (Å²) in [5, 5.41) is 7.44. The molecule has 3 heterocycles. The number of aryl methyl sites for hydroxylation is 1. The Morgan fingerprint density at radius 3 is 2.31 bits per heavy atom. The summed E-state index contributed by atoms with van der Waals surface area (Å²) >= 11 is 0. The maximum absolute atomic E-state index is 13.1. The highest BCUT2D eigenvalue weighted by Gasteiger charge is 2.35. The van der Waals surface area contributed by atoms with Gasteiger partial charge in [-0.2, -0.15) is 22.1 Å². The molecule has 2 amide bonds. The first-order valence-corrected chi connectivity index (χ1v) is 16.9. The van der Waals surface area contributed by atoms with Gasteiger partial charge in [0.15, 0.2) is 11.5 Å². The van der Waals surface area contributed by atoms with Gasteiger partial charge >= 0.3 is 0 Å². The van der Waals surface area contributed by atoms with Gasteiger partial charge in [-0.1, -0.05) is 24.3 Å². The lowest BCUT2D eigenvalue weighted by atomic mass is 10.1. The Morgan fingerprint density at radius 1 is 0.956 bits per heavy atom. The van der Waals surface area contributed by atoms with Crippen LogP contribution in [-0.2, 0) is 30.4 Å². The number of hydrogen-bond donors (Lipinski definition) is 1. The standard InChI is InChI=1S/C32H40N6O6S/c1-35-28(20-27(34-35)24-12-13-24)31(39)33-21-26-6-5-7-29(30(26)43-2)44-22-23-8-10-25(11-9-23)32(40)36-16-18-38(19-17-36)45(41,42)37-14-3-4-15-37/h5-11,20,24H,3-4,12-19,21-22H2,1-2H3,(H,33,39). The van der Waals surface area contributed by atoms with Crippen LogP contribution in [0.3, 0.4) is 0 Å². The summed E-state index contributed by atoms with van der Waals surface area (Å²) in [6.45, 7) is 2.97. The van der Waals surface area contributed by atoms with Crippen molar-refractivity contribution >= 4 is 22.0 Å². The molecule has 2 aromatic carbocycles. The van der Waals surface area contributed by atoms with E-state index in [-0.39, 0.29) is 25.0 Å². The zero-order valence-corrected chi connectivity index (χ0v) is 26.6. The predicted octanol–water partition coefficient (Wildman–Crippen LogP) is 2.91. The number of methoxy groups -OCH3 is 1. The highest BCUT2D eigenvalue weighted by atomic mass is 32.2. The van der Waals surface area contributed by atoms with E-state index in [4.69, 9.17) is 9.47 Å². The minimum absolute atomic E-state index is 0.119. The minimum Gasteiger partial charge on any atom is -0.493 e. The lowest BCUT2D eigenvalue weighted by Gasteiger charge is -2.35. The van der Waals surface area contributed by atoms with Gasteiger partial charge in [0.2, 0.25) is 0 Å². The molecular formula is C32H40N6O6S. The number of benzene rings is 2. The molecule has 2 saturated heterocycles. The summed E-state index contributed by atoms with van der Waals surface area (Å²) in [5.41, 5.74) is 3.69. The molecule has 1 saturated carbocycles. The molecule has 1 N–H and O–H groups in total. The van der Waals surface area contributed by atoms with Gasteiger partial charge in [-0.15, -0.1) is 0 Å². The molecule has 6 rings (SSSR count). The molecule has 0 bridgehead atoms. The van der Waals surface area contributed by atoms with E-state index in [1.54, 1.807) is 40.2 Å². The second-order valence-electron chi connectivity index (χ2n) is 11.8. The van der Waals surface area contributed by atoms with Crippen LogP contribution in [-0.4, -0.2) is 89.9 Å². The van der Waals surface area contributed by atoms with Gasteiger partial charge in [-0.3, -0.25) is 14.3 Å². The number of para-hydroxylation sites is 1. The first kappa shape index (κ1) is 31.1. The number of rotatable bonds is 11. The SMILES string of the molecule is COc1c(CNC(=O)c2cc(C3CC3)nn2C)cccc1OCc1ccc(C(=O)N2CCN(S(=O)(=O)N3CCCC3)CC2)cc1. The second kappa shape index (κ2) is 13.2. The van der Waals surface area contributed by atoms with Gasteiger partial charge in [-0.05, 0) is 55.5 Å². The molecule has 2 aliphatic heterocycles. The fourth-order valence-electron chi connectivity index (χ4n) is 5.88. The van der Waals surface area contributed by atoms with Gasteiger partial charge in [0.05, 0.1) is 12.8 Å². The van der Waals surface area contributed by atoms with E-state index in [0.29, 0.717) is 67.9 Å². The molecule has 3 fully saturated rings. The van der Waals surface area contributed by atoms with E-state index in [2.05, 4.69) is 10.4 Å². The van der Waals surface area contributed by atoms with Gasteiger partial charge in [0.1, 0.15) is 12.3 Å². The van der Waals surface area contributed by atoms with Crippen molar-refractivity contribution in [1.82, 2.24) is 28.6 Å². The molecule has 0 unspecified atom stereocenters. The number of nitrogens with one attached hydrogen (secondary N) is 1. The third kappa shape index (κ3) is 6.85. The highest BCUT2D eigenvalue weighted by molar-refractivity contribution is 7.86. The molecule has 240 valence electrons. The normalized spacial score (nSPS) is 17.8. The third-order valence-corrected chi connectivity index (χ3v) is 10.7. The molecular weight excluding hydrogens is 596 g/mol. The zero-order valence-electron chi connectivity index (χ0n) is 25.8. The maximum Gasteiger partial charge on any atom is 0.282 e. The largest absolute Gasteiger partial charge is 0.493 e. The molecule has 13 heteroatoms. The first-order chi connectivity index (χ1) is 21.7. The van der Waals surface area contributed by atoms with Crippen molar-refractivity contribution < 1.29 is 27.5 Å². The topological polar surface area (TPSA) is 126 Å². The Labute approximate surface area is 264 Å². The Morgan fingerprint density at radius 2 is 1.64 bits per heavy atom. The Kier molecular flexibility index (Phi) is 9.11. The van der Waals surface area contributed by atoms with Crippen molar-refractivity contribution in [3.63, 3.8) is 0 Å². The van der Waals surface area contributed by atoms with E-state index in [1.165, 1.54) is 4.31 Å².